The Morgan fingerprint density at radius 1 is 1.33 bits per heavy atom. The van der Waals surface area contributed by atoms with Gasteiger partial charge in [-0.3, -0.25) is 0 Å². The zero-order chi connectivity index (χ0) is 13.5. The summed E-state index contributed by atoms with van der Waals surface area (Å²) in [6.45, 7) is 1.25. The van der Waals surface area contributed by atoms with Crippen molar-refractivity contribution in [1.82, 2.24) is 0 Å². The van der Waals surface area contributed by atoms with Crippen molar-refractivity contribution in [3.05, 3.63) is 23.3 Å². The molecule has 1 heterocycles. The molecule has 0 aromatic heterocycles. The second-order valence-electron chi connectivity index (χ2n) is 4.06. The van der Waals surface area contributed by atoms with Crippen LogP contribution in [0, 0.1) is 0 Å². The Morgan fingerprint density at radius 2 is 2.00 bits per heavy atom. The maximum Gasteiger partial charge on any atom is 0.416 e. The summed E-state index contributed by atoms with van der Waals surface area (Å²) >= 11 is 0. The summed E-state index contributed by atoms with van der Waals surface area (Å²) in [6.07, 6.45) is -6.06. The predicted octanol–water partition coefficient (Wildman–Crippen LogP) is 1.81. The first kappa shape index (κ1) is 13.0. The number of rotatable bonds is 2. The normalized spacial score (nSPS) is 17.7. The van der Waals surface area contributed by atoms with Crippen LogP contribution in [0.3, 0.4) is 0 Å². The van der Waals surface area contributed by atoms with E-state index in [1.54, 1.807) is 0 Å². The van der Waals surface area contributed by atoms with Gasteiger partial charge >= 0.3 is 6.18 Å². The van der Waals surface area contributed by atoms with E-state index < -0.39 is 23.9 Å². The Kier molecular flexibility index (Phi) is 3.12. The van der Waals surface area contributed by atoms with Crippen LogP contribution < -0.4 is 15.2 Å². The highest BCUT2D eigenvalue weighted by molar-refractivity contribution is 5.54. The lowest BCUT2D eigenvalue weighted by Gasteiger charge is -2.21. The van der Waals surface area contributed by atoms with Crippen LogP contribution in [-0.2, 0) is 6.18 Å². The quantitative estimate of drug-likeness (QED) is 0.854. The summed E-state index contributed by atoms with van der Waals surface area (Å²) in [6, 6.07) is 1.17. The second-order valence-corrected chi connectivity index (χ2v) is 4.06. The van der Waals surface area contributed by atoms with Crippen molar-refractivity contribution in [2.45, 2.75) is 25.2 Å². The minimum absolute atomic E-state index is 0.0883. The third kappa shape index (κ3) is 2.11. The molecule has 1 aromatic carbocycles. The molecule has 0 bridgehead atoms. The molecule has 2 atom stereocenters. The van der Waals surface area contributed by atoms with Gasteiger partial charge in [-0.15, -0.1) is 0 Å². The predicted molar refractivity (Wildman–Crippen MR) is 56.2 cm³/mol. The van der Waals surface area contributed by atoms with Gasteiger partial charge in [-0.2, -0.15) is 13.2 Å². The molecule has 0 amide bonds. The van der Waals surface area contributed by atoms with Gasteiger partial charge in [0.2, 0.25) is 6.79 Å². The minimum atomic E-state index is -4.59. The highest BCUT2D eigenvalue weighted by Crippen LogP contribution is 2.46. The van der Waals surface area contributed by atoms with Crippen LogP contribution in [0.15, 0.2) is 12.1 Å². The Labute approximate surface area is 101 Å². The topological polar surface area (TPSA) is 64.7 Å². The number of benzene rings is 1. The second kappa shape index (κ2) is 4.33. The van der Waals surface area contributed by atoms with E-state index in [0.29, 0.717) is 0 Å². The number of nitrogens with two attached hydrogens (primary N) is 1. The van der Waals surface area contributed by atoms with E-state index in [1.165, 1.54) is 13.0 Å². The summed E-state index contributed by atoms with van der Waals surface area (Å²) in [5, 5.41) is 9.85. The molecule has 1 aliphatic heterocycles. The fourth-order valence-electron chi connectivity index (χ4n) is 1.80. The number of halogens is 3. The number of hydrogen-bond donors (Lipinski definition) is 2. The zero-order valence-electron chi connectivity index (χ0n) is 9.49. The SMILES string of the molecule is CC(N)C(O)c1c(C(F)(F)F)ccc2c1OCO2. The van der Waals surface area contributed by atoms with Gasteiger partial charge in [0.15, 0.2) is 11.5 Å². The molecule has 0 saturated heterocycles. The lowest BCUT2D eigenvalue weighted by Crippen LogP contribution is -2.27. The van der Waals surface area contributed by atoms with Crippen LogP contribution in [0.5, 0.6) is 11.5 Å². The molecule has 2 rings (SSSR count). The van der Waals surface area contributed by atoms with E-state index in [0.717, 1.165) is 6.07 Å². The molecule has 0 radical (unpaired) electrons. The van der Waals surface area contributed by atoms with Gasteiger partial charge in [-0.05, 0) is 19.1 Å². The first-order valence-electron chi connectivity index (χ1n) is 5.25. The zero-order valence-corrected chi connectivity index (χ0v) is 9.49. The van der Waals surface area contributed by atoms with Gasteiger partial charge in [0.1, 0.15) is 0 Å². The number of fused-ring (bicyclic) bond motifs is 1. The van der Waals surface area contributed by atoms with Crippen LogP contribution in [-0.4, -0.2) is 17.9 Å². The van der Waals surface area contributed by atoms with Gasteiger partial charge in [0.25, 0.3) is 0 Å². The molecule has 1 aromatic rings. The van der Waals surface area contributed by atoms with E-state index in [4.69, 9.17) is 15.2 Å². The average molecular weight is 263 g/mol. The molecule has 100 valence electrons. The Balaban J connectivity index is 2.62. The molecule has 7 heteroatoms. The molecule has 0 aliphatic carbocycles. The number of ether oxygens (including phenoxy) is 2. The van der Waals surface area contributed by atoms with Gasteiger partial charge in [-0.25, -0.2) is 0 Å². The van der Waals surface area contributed by atoms with Crippen LogP contribution in [0.2, 0.25) is 0 Å². The van der Waals surface area contributed by atoms with Gasteiger partial charge in [-0.1, -0.05) is 0 Å². The fraction of sp³-hybridized carbons (Fsp3) is 0.455. The number of aliphatic hydroxyl groups excluding tert-OH is 1. The van der Waals surface area contributed by atoms with Crippen molar-refractivity contribution in [3.8, 4) is 11.5 Å². The summed E-state index contributed by atoms with van der Waals surface area (Å²) in [5.74, 6) is 0.0901. The van der Waals surface area contributed by atoms with E-state index in [-0.39, 0.29) is 23.9 Å². The highest BCUT2D eigenvalue weighted by atomic mass is 19.4. The molecule has 18 heavy (non-hydrogen) atoms. The molecular formula is C11H12F3NO3. The average Bonchev–Trinajstić information content (AvgIpc) is 2.72. The van der Waals surface area contributed by atoms with E-state index in [2.05, 4.69) is 0 Å². The smallest absolute Gasteiger partial charge is 0.416 e. The first-order valence-corrected chi connectivity index (χ1v) is 5.25. The van der Waals surface area contributed by atoms with Crippen molar-refractivity contribution < 1.29 is 27.8 Å². The van der Waals surface area contributed by atoms with E-state index >= 15 is 0 Å². The summed E-state index contributed by atoms with van der Waals surface area (Å²) in [4.78, 5) is 0. The minimum Gasteiger partial charge on any atom is -0.454 e. The first-order chi connectivity index (χ1) is 8.32. The molecule has 0 spiro atoms. The Morgan fingerprint density at radius 3 is 2.56 bits per heavy atom. The maximum absolute atomic E-state index is 12.9. The summed E-state index contributed by atoms with van der Waals surface area (Å²) < 4.78 is 48.7. The van der Waals surface area contributed by atoms with Crippen molar-refractivity contribution in [2.24, 2.45) is 5.73 Å². The fourth-order valence-corrected chi connectivity index (χ4v) is 1.80. The van der Waals surface area contributed by atoms with Crippen molar-refractivity contribution in [2.75, 3.05) is 6.79 Å². The van der Waals surface area contributed by atoms with Gasteiger partial charge < -0.3 is 20.3 Å². The van der Waals surface area contributed by atoms with E-state index in [1.807, 2.05) is 0 Å². The van der Waals surface area contributed by atoms with Gasteiger partial charge in [0, 0.05) is 11.6 Å². The van der Waals surface area contributed by atoms with Crippen molar-refractivity contribution in [1.29, 1.82) is 0 Å². The largest absolute Gasteiger partial charge is 0.454 e. The summed E-state index contributed by atoms with van der Waals surface area (Å²) in [7, 11) is 0. The third-order valence-electron chi connectivity index (χ3n) is 2.68. The molecule has 1 aliphatic rings. The number of aliphatic hydroxyl groups is 1. The van der Waals surface area contributed by atoms with Gasteiger partial charge in [0.05, 0.1) is 11.7 Å². The molecular weight excluding hydrogens is 251 g/mol. The molecule has 0 saturated carbocycles. The maximum atomic E-state index is 12.9. The molecule has 3 N–H and O–H groups in total. The molecule has 2 unspecified atom stereocenters. The monoisotopic (exact) mass is 263 g/mol. The Hall–Kier alpha value is -1.47. The highest BCUT2D eigenvalue weighted by Gasteiger charge is 2.39. The molecule has 0 fully saturated rings. The lowest BCUT2D eigenvalue weighted by molar-refractivity contribution is -0.139. The van der Waals surface area contributed by atoms with E-state index in [9.17, 15) is 18.3 Å². The van der Waals surface area contributed by atoms with Crippen LogP contribution >= 0.6 is 0 Å². The van der Waals surface area contributed by atoms with Crippen molar-refractivity contribution >= 4 is 0 Å². The number of hydrogen-bond acceptors (Lipinski definition) is 4. The van der Waals surface area contributed by atoms with Crippen molar-refractivity contribution in [3.63, 3.8) is 0 Å². The Bertz CT molecular complexity index is 460. The van der Waals surface area contributed by atoms with Crippen LogP contribution in [0.4, 0.5) is 13.2 Å². The third-order valence-corrected chi connectivity index (χ3v) is 2.68. The number of alkyl halides is 3. The van der Waals surface area contributed by atoms with Crippen LogP contribution in [0.25, 0.3) is 0 Å². The molecule has 4 nitrogen and oxygen atoms in total. The lowest BCUT2D eigenvalue weighted by atomic mass is 9.96. The standard InChI is InChI=1S/C11H12F3NO3/c1-5(15)9(16)8-6(11(12,13)14)2-3-7-10(8)18-4-17-7/h2-3,5,9,16H,4,15H2,1H3. The van der Waals surface area contributed by atoms with Crippen LogP contribution in [0.1, 0.15) is 24.2 Å². The summed E-state index contributed by atoms with van der Waals surface area (Å²) in [5.41, 5.74) is 4.13.